The third-order valence-electron chi connectivity index (χ3n) is 6.22. The summed E-state index contributed by atoms with van der Waals surface area (Å²) in [5.74, 6) is 0.162. The zero-order valence-electron chi connectivity index (χ0n) is 19.2. The summed E-state index contributed by atoms with van der Waals surface area (Å²) in [6.45, 7) is 0. The van der Waals surface area contributed by atoms with E-state index in [0.717, 1.165) is 32.3 Å². The van der Waals surface area contributed by atoms with Gasteiger partial charge in [-0.25, -0.2) is 9.59 Å². The Balaban J connectivity index is 1.24. The van der Waals surface area contributed by atoms with Gasteiger partial charge in [-0.1, -0.05) is 84.9 Å². The molecule has 0 aliphatic rings. The van der Waals surface area contributed by atoms with Crippen LogP contribution < -0.4 is 9.47 Å². The van der Waals surface area contributed by atoms with Crippen molar-refractivity contribution in [3.05, 3.63) is 132 Å². The lowest BCUT2D eigenvalue weighted by molar-refractivity contribution is 0.0727. The third-order valence-corrected chi connectivity index (χ3v) is 6.22. The molecular formula is C32H20O4. The van der Waals surface area contributed by atoms with Crippen molar-refractivity contribution >= 4 is 44.3 Å². The number of rotatable bonds is 4. The maximum absolute atomic E-state index is 12.9. The summed E-state index contributed by atoms with van der Waals surface area (Å²) in [5, 5.41) is 5.41. The second-order valence-corrected chi connectivity index (χ2v) is 8.51. The van der Waals surface area contributed by atoms with Gasteiger partial charge < -0.3 is 9.47 Å². The van der Waals surface area contributed by atoms with E-state index >= 15 is 0 Å². The first kappa shape index (κ1) is 21.6. The lowest BCUT2D eigenvalue weighted by atomic mass is 10.0. The van der Waals surface area contributed by atoms with E-state index in [0.29, 0.717) is 22.6 Å². The van der Waals surface area contributed by atoms with Gasteiger partial charge in [0.2, 0.25) is 0 Å². The fourth-order valence-corrected chi connectivity index (χ4v) is 4.39. The van der Waals surface area contributed by atoms with Crippen LogP contribution in [0.5, 0.6) is 11.5 Å². The predicted molar refractivity (Wildman–Crippen MR) is 142 cm³/mol. The number of esters is 2. The fraction of sp³-hybridized carbons (Fsp3) is 0. The molecule has 0 N–H and O–H groups in total. The molecule has 6 rings (SSSR count). The number of hydrogen-bond acceptors (Lipinski definition) is 4. The van der Waals surface area contributed by atoms with Crippen LogP contribution in [0.1, 0.15) is 20.7 Å². The van der Waals surface area contributed by atoms with Gasteiger partial charge in [-0.05, 0) is 57.9 Å². The van der Waals surface area contributed by atoms with Crippen LogP contribution in [0.2, 0.25) is 0 Å². The zero-order valence-corrected chi connectivity index (χ0v) is 19.2. The molecule has 0 aromatic heterocycles. The van der Waals surface area contributed by atoms with Crippen molar-refractivity contribution in [2.24, 2.45) is 0 Å². The summed E-state index contributed by atoms with van der Waals surface area (Å²) < 4.78 is 11.4. The first-order valence-electron chi connectivity index (χ1n) is 11.6. The van der Waals surface area contributed by atoms with E-state index in [1.54, 1.807) is 36.4 Å². The second-order valence-electron chi connectivity index (χ2n) is 8.51. The van der Waals surface area contributed by atoms with Crippen LogP contribution in [0.4, 0.5) is 0 Å². The Morgan fingerprint density at radius 3 is 1.31 bits per heavy atom. The van der Waals surface area contributed by atoms with Crippen molar-refractivity contribution in [3.8, 4) is 11.5 Å². The van der Waals surface area contributed by atoms with E-state index in [4.69, 9.17) is 9.47 Å². The SMILES string of the molecule is O=C(Oc1cccc2ccccc12)c1ccc2cc(C(=O)Oc3cccc4ccccc34)ccc2c1. The minimum atomic E-state index is -0.437. The summed E-state index contributed by atoms with van der Waals surface area (Å²) >= 11 is 0. The van der Waals surface area contributed by atoms with Crippen LogP contribution >= 0.6 is 0 Å². The molecule has 0 amide bonds. The van der Waals surface area contributed by atoms with Gasteiger partial charge in [0.15, 0.2) is 0 Å². The zero-order chi connectivity index (χ0) is 24.5. The molecule has 4 nitrogen and oxygen atoms in total. The van der Waals surface area contributed by atoms with E-state index in [9.17, 15) is 9.59 Å². The van der Waals surface area contributed by atoms with E-state index < -0.39 is 11.9 Å². The highest BCUT2D eigenvalue weighted by Gasteiger charge is 2.14. The molecule has 36 heavy (non-hydrogen) atoms. The Morgan fingerprint density at radius 1 is 0.417 bits per heavy atom. The molecule has 0 aliphatic heterocycles. The van der Waals surface area contributed by atoms with Crippen LogP contribution in [0.25, 0.3) is 32.3 Å². The van der Waals surface area contributed by atoms with Gasteiger partial charge in [0.25, 0.3) is 0 Å². The molecule has 4 heteroatoms. The molecule has 0 aliphatic carbocycles. The Bertz CT molecular complexity index is 1640. The van der Waals surface area contributed by atoms with Gasteiger partial charge >= 0.3 is 11.9 Å². The van der Waals surface area contributed by atoms with Crippen molar-refractivity contribution in [2.75, 3.05) is 0 Å². The van der Waals surface area contributed by atoms with E-state index in [1.807, 2.05) is 84.9 Å². The van der Waals surface area contributed by atoms with Crippen molar-refractivity contribution < 1.29 is 19.1 Å². The predicted octanol–water partition coefficient (Wildman–Crippen LogP) is 7.58. The van der Waals surface area contributed by atoms with Crippen molar-refractivity contribution in [1.29, 1.82) is 0 Å². The molecule has 0 saturated heterocycles. The van der Waals surface area contributed by atoms with Crippen molar-refractivity contribution in [3.63, 3.8) is 0 Å². The normalized spacial score (nSPS) is 11.0. The third kappa shape index (κ3) is 4.05. The molecule has 6 aromatic carbocycles. The van der Waals surface area contributed by atoms with Crippen LogP contribution in [0.15, 0.2) is 121 Å². The van der Waals surface area contributed by atoms with E-state index in [1.165, 1.54) is 0 Å². The lowest BCUT2D eigenvalue weighted by Gasteiger charge is -2.10. The molecule has 0 bridgehead atoms. The van der Waals surface area contributed by atoms with Crippen LogP contribution in [-0.4, -0.2) is 11.9 Å². The highest BCUT2D eigenvalue weighted by atomic mass is 16.5. The minimum absolute atomic E-state index is 0.432. The van der Waals surface area contributed by atoms with E-state index in [2.05, 4.69) is 0 Å². The fourth-order valence-electron chi connectivity index (χ4n) is 4.39. The smallest absolute Gasteiger partial charge is 0.343 e. The first-order valence-corrected chi connectivity index (χ1v) is 11.6. The highest BCUT2D eigenvalue weighted by Crippen LogP contribution is 2.28. The van der Waals surface area contributed by atoms with Gasteiger partial charge in [-0.2, -0.15) is 0 Å². The van der Waals surface area contributed by atoms with Crippen LogP contribution in [0.3, 0.4) is 0 Å². The Morgan fingerprint density at radius 2 is 0.833 bits per heavy atom. The number of ether oxygens (including phenoxy) is 2. The van der Waals surface area contributed by atoms with Gasteiger partial charge in [-0.15, -0.1) is 0 Å². The van der Waals surface area contributed by atoms with Gasteiger partial charge in [0, 0.05) is 10.8 Å². The summed E-state index contributed by atoms with van der Waals surface area (Å²) in [6.07, 6.45) is 0. The highest BCUT2D eigenvalue weighted by molar-refractivity contribution is 6.01. The summed E-state index contributed by atoms with van der Waals surface area (Å²) in [6, 6.07) is 37.4. The van der Waals surface area contributed by atoms with Crippen LogP contribution in [0, 0.1) is 0 Å². The Kier molecular flexibility index (Phi) is 5.39. The van der Waals surface area contributed by atoms with Gasteiger partial charge in [-0.3, -0.25) is 0 Å². The van der Waals surface area contributed by atoms with E-state index in [-0.39, 0.29) is 0 Å². The van der Waals surface area contributed by atoms with Gasteiger partial charge in [0.05, 0.1) is 11.1 Å². The lowest BCUT2D eigenvalue weighted by Crippen LogP contribution is -2.09. The monoisotopic (exact) mass is 468 g/mol. The molecule has 0 fully saturated rings. The van der Waals surface area contributed by atoms with Crippen molar-refractivity contribution in [2.45, 2.75) is 0 Å². The standard InChI is InChI=1S/C32H20O4/c33-31(35-29-13-5-9-21-7-1-3-11-27(21)29)25-17-15-24-20-26(18-16-23(24)19-25)32(34)36-30-14-6-10-22-8-2-4-12-28(22)30/h1-20H. The summed E-state index contributed by atoms with van der Waals surface area (Å²) in [5.41, 5.74) is 0.864. The second kappa shape index (κ2) is 9.01. The minimum Gasteiger partial charge on any atom is -0.422 e. The maximum Gasteiger partial charge on any atom is 0.343 e. The quantitative estimate of drug-likeness (QED) is 0.198. The van der Waals surface area contributed by atoms with Crippen molar-refractivity contribution in [1.82, 2.24) is 0 Å². The number of fused-ring (bicyclic) bond motifs is 3. The number of carbonyl (C=O) groups is 2. The summed E-state index contributed by atoms with van der Waals surface area (Å²) in [7, 11) is 0. The average molecular weight is 469 g/mol. The number of hydrogen-bond donors (Lipinski definition) is 0. The summed E-state index contributed by atoms with van der Waals surface area (Å²) in [4.78, 5) is 25.8. The average Bonchev–Trinajstić information content (AvgIpc) is 2.93. The molecular weight excluding hydrogens is 448 g/mol. The Labute approximate surface area is 207 Å². The molecule has 0 heterocycles. The van der Waals surface area contributed by atoms with Crippen LogP contribution in [-0.2, 0) is 0 Å². The largest absolute Gasteiger partial charge is 0.422 e. The maximum atomic E-state index is 12.9. The molecule has 0 spiro atoms. The molecule has 172 valence electrons. The molecule has 0 radical (unpaired) electrons. The topological polar surface area (TPSA) is 52.6 Å². The molecule has 0 atom stereocenters. The Hall–Kier alpha value is -4.96. The molecule has 0 saturated carbocycles. The molecule has 0 unspecified atom stereocenters. The molecule has 6 aromatic rings. The number of carbonyl (C=O) groups excluding carboxylic acids is 2. The number of benzene rings is 6. The first-order chi connectivity index (χ1) is 17.7. The van der Waals surface area contributed by atoms with Gasteiger partial charge in [0.1, 0.15) is 11.5 Å².